The highest BCUT2D eigenvalue weighted by Gasteiger charge is 2.03. The van der Waals surface area contributed by atoms with Crippen LogP contribution in [0, 0.1) is 12.8 Å². The van der Waals surface area contributed by atoms with E-state index < -0.39 is 0 Å². The minimum Gasteiger partial charge on any atom is -0.262 e. The van der Waals surface area contributed by atoms with Crippen LogP contribution >= 0.6 is 11.3 Å². The Bertz CT molecular complexity index is 554. The number of aryl methyl sites for hydroxylation is 1. The molecule has 2 heterocycles. The van der Waals surface area contributed by atoms with Gasteiger partial charge in [-0.15, -0.1) is 11.3 Å². The van der Waals surface area contributed by atoms with Crippen molar-refractivity contribution in [2.75, 3.05) is 0 Å². The monoisotopic (exact) mass is 271 g/mol. The largest absolute Gasteiger partial charge is 0.262 e. The predicted molar refractivity (Wildman–Crippen MR) is 85.4 cm³/mol. The van der Waals surface area contributed by atoms with E-state index in [9.17, 15) is 0 Å². The molecule has 0 aliphatic carbocycles. The molecule has 0 aliphatic rings. The summed E-state index contributed by atoms with van der Waals surface area (Å²) in [5.74, 6) is 0.776. The SMILES string of the molecule is CCC(C)Cc1ccc(/C=C/c2ccnc(C)c2)s1. The van der Waals surface area contributed by atoms with E-state index in [1.165, 1.54) is 28.2 Å². The van der Waals surface area contributed by atoms with Gasteiger partial charge in [0.15, 0.2) is 0 Å². The Morgan fingerprint density at radius 3 is 2.84 bits per heavy atom. The van der Waals surface area contributed by atoms with Crippen molar-refractivity contribution in [3.63, 3.8) is 0 Å². The molecule has 0 fully saturated rings. The van der Waals surface area contributed by atoms with Crippen molar-refractivity contribution in [2.45, 2.75) is 33.6 Å². The maximum atomic E-state index is 4.21. The third-order valence-electron chi connectivity index (χ3n) is 3.29. The van der Waals surface area contributed by atoms with Gasteiger partial charge in [0.05, 0.1) is 0 Å². The van der Waals surface area contributed by atoms with Crippen LogP contribution in [0.25, 0.3) is 12.2 Å². The number of aromatic nitrogens is 1. The van der Waals surface area contributed by atoms with Crippen LogP contribution in [0.15, 0.2) is 30.5 Å². The van der Waals surface area contributed by atoms with E-state index in [1.807, 2.05) is 30.5 Å². The first-order valence-electron chi connectivity index (χ1n) is 6.87. The molecule has 1 nitrogen and oxygen atoms in total. The molecule has 0 saturated carbocycles. The molecule has 19 heavy (non-hydrogen) atoms. The molecule has 1 unspecified atom stereocenters. The van der Waals surface area contributed by atoms with E-state index in [-0.39, 0.29) is 0 Å². The summed E-state index contributed by atoms with van der Waals surface area (Å²) in [4.78, 5) is 7.02. The molecule has 0 spiro atoms. The van der Waals surface area contributed by atoms with Gasteiger partial charge in [0.1, 0.15) is 0 Å². The van der Waals surface area contributed by atoms with Crippen molar-refractivity contribution < 1.29 is 0 Å². The second-order valence-electron chi connectivity index (χ2n) is 5.09. The fourth-order valence-corrected chi connectivity index (χ4v) is 3.01. The van der Waals surface area contributed by atoms with Crippen LogP contribution in [0.2, 0.25) is 0 Å². The summed E-state index contributed by atoms with van der Waals surface area (Å²) in [5.41, 5.74) is 2.27. The average molecular weight is 271 g/mol. The van der Waals surface area contributed by atoms with Crippen LogP contribution in [-0.4, -0.2) is 4.98 Å². The fourth-order valence-electron chi connectivity index (χ4n) is 1.93. The zero-order valence-electron chi connectivity index (χ0n) is 11.9. The third-order valence-corrected chi connectivity index (χ3v) is 4.36. The van der Waals surface area contributed by atoms with Gasteiger partial charge in [-0.05, 0) is 55.2 Å². The second-order valence-corrected chi connectivity index (χ2v) is 6.29. The Hall–Kier alpha value is -1.41. The van der Waals surface area contributed by atoms with E-state index in [2.05, 4.69) is 49.2 Å². The molecule has 0 N–H and O–H groups in total. The first kappa shape index (κ1) is 14.0. The third kappa shape index (κ3) is 4.32. The number of nitrogens with zero attached hydrogens (tertiary/aromatic N) is 1. The Labute approximate surface area is 120 Å². The van der Waals surface area contributed by atoms with Gasteiger partial charge < -0.3 is 0 Å². The Kier molecular flexibility index (Phi) is 4.92. The average Bonchev–Trinajstić information content (AvgIpc) is 2.84. The van der Waals surface area contributed by atoms with Gasteiger partial charge in [-0.25, -0.2) is 0 Å². The maximum absolute atomic E-state index is 4.21. The summed E-state index contributed by atoms with van der Waals surface area (Å²) >= 11 is 1.90. The molecule has 100 valence electrons. The molecule has 0 amide bonds. The topological polar surface area (TPSA) is 12.9 Å². The highest BCUT2D eigenvalue weighted by molar-refractivity contribution is 7.12. The van der Waals surface area contributed by atoms with E-state index in [0.717, 1.165) is 11.6 Å². The van der Waals surface area contributed by atoms with Crippen molar-refractivity contribution in [1.29, 1.82) is 0 Å². The summed E-state index contributed by atoms with van der Waals surface area (Å²) in [6.45, 7) is 6.59. The molecule has 2 heteroatoms. The molecule has 0 radical (unpaired) electrons. The molecule has 0 saturated heterocycles. The minimum atomic E-state index is 0.776. The molecular weight excluding hydrogens is 250 g/mol. The number of hydrogen-bond acceptors (Lipinski definition) is 2. The molecule has 2 aromatic rings. The van der Waals surface area contributed by atoms with Crippen molar-refractivity contribution >= 4 is 23.5 Å². The smallest absolute Gasteiger partial charge is 0.0378 e. The number of thiophene rings is 1. The highest BCUT2D eigenvalue weighted by atomic mass is 32.1. The lowest BCUT2D eigenvalue weighted by Crippen LogP contribution is -1.94. The Morgan fingerprint density at radius 1 is 1.26 bits per heavy atom. The standard InChI is InChI=1S/C17H21NS/c1-4-13(2)11-17-8-7-16(19-17)6-5-15-9-10-18-14(3)12-15/h5-10,12-13H,4,11H2,1-3H3/b6-5+. The van der Waals surface area contributed by atoms with Gasteiger partial charge >= 0.3 is 0 Å². The van der Waals surface area contributed by atoms with E-state index >= 15 is 0 Å². The zero-order valence-corrected chi connectivity index (χ0v) is 12.7. The van der Waals surface area contributed by atoms with Crippen LogP contribution in [0.3, 0.4) is 0 Å². The first-order valence-corrected chi connectivity index (χ1v) is 7.68. The van der Waals surface area contributed by atoms with Crippen LogP contribution < -0.4 is 0 Å². The van der Waals surface area contributed by atoms with Crippen molar-refractivity contribution in [3.05, 3.63) is 51.5 Å². The Morgan fingerprint density at radius 2 is 2.11 bits per heavy atom. The van der Waals surface area contributed by atoms with Gasteiger partial charge in [0, 0.05) is 21.6 Å². The zero-order chi connectivity index (χ0) is 13.7. The van der Waals surface area contributed by atoms with Crippen molar-refractivity contribution in [2.24, 2.45) is 5.92 Å². The highest BCUT2D eigenvalue weighted by Crippen LogP contribution is 2.22. The molecule has 0 aromatic carbocycles. The lowest BCUT2D eigenvalue weighted by atomic mass is 10.0. The van der Waals surface area contributed by atoms with Gasteiger partial charge in [0.2, 0.25) is 0 Å². The Balaban J connectivity index is 2.03. The van der Waals surface area contributed by atoms with Crippen LogP contribution in [-0.2, 0) is 6.42 Å². The second kappa shape index (κ2) is 6.67. The van der Waals surface area contributed by atoms with Crippen molar-refractivity contribution in [3.8, 4) is 0 Å². The van der Waals surface area contributed by atoms with Crippen molar-refractivity contribution in [1.82, 2.24) is 4.98 Å². The van der Waals surface area contributed by atoms with E-state index in [4.69, 9.17) is 0 Å². The lowest BCUT2D eigenvalue weighted by molar-refractivity contribution is 0.565. The number of rotatable bonds is 5. The summed E-state index contributed by atoms with van der Waals surface area (Å²) in [6, 6.07) is 8.61. The normalized spacial score (nSPS) is 13.0. The molecule has 2 aromatic heterocycles. The maximum Gasteiger partial charge on any atom is 0.0378 e. The summed E-state index contributed by atoms with van der Waals surface area (Å²) in [6.07, 6.45) is 8.66. The van der Waals surface area contributed by atoms with Gasteiger partial charge in [-0.3, -0.25) is 4.98 Å². The summed E-state index contributed by atoms with van der Waals surface area (Å²) < 4.78 is 0. The predicted octanol–water partition coefficient (Wildman–Crippen LogP) is 5.21. The van der Waals surface area contributed by atoms with Crippen LogP contribution in [0.5, 0.6) is 0 Å². The van der Waals surface area contributed by atoms with Gasteiger partial charge in [0.25, 0.3) is 0 Å². The molecule has 1 atom stereocenters. The fraction of sp³-hybridized carbons (Fsp3) is 0.353. The van der Waals surface area contributed by atoms with E-state index in [1.54, 1.807) is 0 Å². The molecule has 0 bridgehead atoms. The number of hydrogen-bond donors (Lipinski definition) is 0. The minimum absolute atomic E-state index is 0.776. The van der Waals surface area contributed by atoms with Gasteiger partial charge in [-0.1, -0.05) is 26.3 Å². The number of pyridine rings is 1. The lowest BCUT2D eigenvalue weighted by Gasteiger charge is -2.04. The molecule has 2 rings (SSSR count). The quantitative estimate of drug-likeness (QED) is 0.727. The molecule has 0 aliphatic heterocycles. The first-order chi connectivity index (χ1) is 9.17. The summed E-state index contributed by atoms with van der Waals surface area (Å²) in [7, 11) is 0. The molecular formula is C17H21NS. The van der Waals surface area contributed by atoms with Crippen LogP contribution in [0.1, 0.15) is 41.3 Å². The van der Waals surface area contributed by atoms with E-state index in [0.29, 0.717) is 0 Å². The van der Waals surface area contributed by atoms with Gasteiger partial charge in [-0.2, -0.15) is 0 Å². The van der Waals surface area contributed by atoms with Crippen LogP contribution in [0.4, 0.5) is 0 Å². The summed E-state index contributed by atoms with van der Waals surface area (Å²) in [5, 5.41) is 0.